The molecule has 2 amide bonds. The average Bonchev–Trinajstić information content (AvgIpc) is 3.32. The van der Waals surface area contributed by atoms with E-state index in [1.165, 1.54) is 0 Å². The number of Topliss-reactive ketones (excluding diaryl/α,β-unsaturated/α-hetero) is 1. The summed E-state index contributed by atoms with van der Waals surface area (Å²) in [6, 6.07) is 5.19. The number of anilines is 1. The van der Waals surface area contributed by atoms with Crippen molar-refractivity contribution < 1.29 is 18.8 Å². The summed E-state index contributed by atoms with van der Waals surface area (Å²) in [5, 5.41) is 10.9. The molecule has 2 aliphatic rings. The molecule has 0 spiro atoms. The van der Waals surface area contributed by atoms with Crippen molar-refractivity contribution in [2.24, 2.45) is 0 Å². The van der Waals surface area contributed by atoms with E-state index in [9.17, 15) is 14.4 Å². The van der Waals surface area contributed by atoms with E-state index in [4.69, 9.17) is 4.42 Å². The number of amides is 2. The van der Waals surface area contributed by atoms with Gasteiger partial charge in [-0.3, -0.25) is 14.4 Å². The lowest BCUT2D eigenvalue weighted by Crippen LogP contribution is -2.23. The summed E-state index contributed by atoms with van der Waals surface area (Å²) in [7, 11) is 0. The molecule has 0 atom stereocenters. The van der Waals surface area contributed by atoms with Crippen LogP contribution < -0.4 is 5.32 Å². The number of thioether (sulfide) groups is 1. The van der Waals surface area contributed by atoms with Crippen molar-refractivity contribution in [2.75, 3.05) is 17.6 Å². The van der Waals surface area contributed by atoms with Crippen LogP contribution in [0.25, 0.3) is 0 Å². The van der Waals surface area contributed by atoms with Gasteiger partial charge in [0.2, 0.25) is 17.7 Å². The van der Waals surface area contributed by atoms with Gasteiger partial charge in [-0.2, -0.15) is 0 Å². The highest BCUT2D eigenvalue weighted by molar-refractivity contribution is 7.99. The minimum Gasteiger partial charge on any atom is -0.414 e. The Labute approximate surface area is 153 Å². The molecular weight excluding hydrogens is 356 g/mol. The lowest BCUT2D eigenvalue weighted by molar-refractivity contribution is -0.128. The fraction of sp³-hybridized carbons (Fsp3) is 0.353. The topological polar surface area (TPSA) is 105 Å². The number of carbonyl (C=O) groups is 3. The van der Waals surface area contributed by atoms with E-state index in [2.05, 4.69) is 15.5 Å². The summed E-state index contributed by atoms with van der Waals surface area (Å²) in [5.74, 6) is 0.486. The Morgan fingerprint density at radius 3 is 3.00 bits per heavy atom. The zero-order valence-corrected chi connectivity index (χ0v) is 14.7. The fourth-order valence-corrected chi connectivity index (χ4v) is 3.68. The van der Waals surface area contributed by atoms with Gasteiger partial charge in [0.25, 0.3) is 5.22 Å². The molecule has 1 N–H and O–H groups in total. The highest BCUT2D eigenvalue weighted by Crippen LogP contribution is 2.25. The Bertz CT molecular complexity index is 895. The zero-order chi connectivity index (χ0) is 18.1. The minimum atomic E-state index is -0.0772. The summed E-state index contributed by atoms with van der Waals surface area (Å²) < 4.78 is 5.51. The number of ketones is 1. The normalized spacial score (nSPS) is 16.1. The van der Waals surface area contributed by atoms with Gasteiger partial charge < -0.3 is 14.6 Å². The first-order chi connectivity index (χ1) is 12.6. The second-order valence-corrected chi connectivity index (χ2v) is 7.12. The third kappa shape index (κ3) is 3.48. The van der Waals surface area contributed by atoms with E-state index in [-0.39, 0.29) is 23.4 Å². The Kier molecular flexibility index (Phi) is 4.46. The van der Waals surface area contributed by atoms with Gasteiger partial charge in [0.05, 0.1) is 18.7 Å². The van der Waals surface area contributed by atoms with Gasteiger partial charge in [-0.05, 0) is 30.2 Å². The predicted octanol–water partition coefficient (Wildman–Crippen LogP) is 1.66. The second-order valence-electron chi connectivity index (χ2n) is 6.19. The largest absolute Gasteiger partial charge is 0.414 e. The predicted molar refractivity (Wildman–Crippen MR) is 92.8 cm³/mol. The van der Waals surface area contributed by atoms with Crippen LogP contribution in [-0.2, 0) is 22.6 Å². The van der Waals surface area contributed by atoms with Gasteiger partial charge in [0.1, 0.15) is 0 Å². The summed E-state index contributed by atoms with van der Waals surface area (Å²) in [6.45, 7) is 1.02. The van der Waals surface area contributed by atoms with Crippen LogP contribution in [0.4, 0.5) is 5.69 Å². The Morgan fingerprint density at radius 2 is 2.19 bits per heavy atom. The van der Waals surface area contributed by atoms with Crippen LogP contribution in [0.1, 0.15) is 34.7 Å². The van der Waals surface area contributed by atoms with Crippen LogP contribution in [-0.4, -0.2) is 45.0 Å². The molecular formula is C17H16N4O4S. The molecule has 1 aromatic heterocycles. The molecule has 9 heteroatoms. The second kappa shape index (κ2) is 6.91. The number of aromatic nitrogens is 2. The van der Waals surface area contributed by atoms with Gasteiger partial charge in [0, 0.05) is 24.2 Å². The molecule has 134 valence electrons. The maximum atomic E-state index is 12.4. The summed E-state index contributed by atoms with van der Waals surface area (Å²) in [4.78, 5) is 37.1. The number of nitrogens with one attached hydrogen (secondary N) is 1. The number of fused-ring (bicyclic) bond motifs is 1. The summed E-state index contributed by atoms with van der Waals surface area (Å²) in [6.07, 6.45) is 1.71. The molecule has 0 aliphatic carbocycles. The van der Waals surface area contributed by atoms with Crippen LogP contribution in [0.15, 0.2) is 27.8 Å². The van der Waals surface area contributed by atoms with E-state index in [0.29, 0.717) is 42.6 Å². The first-order valence-electron chi connectivity index (χ1n) is 8.27. The van der Waals surface area contributed by atoms with Crippen LogP contribution in [0, 0.1) is 0 Å². The van der Waals surface area contributed by atoms with E-state index in [0.717, 1.165) is 29.4 Å². The Morgan fingerprint density at radius 1 is 1.31 bits per heavy atom. The van der Waals surface area contributed by atoms with Gasteiger partial charge in [0.15, 0.2) is 5.78 Å². The number of nitrogens with zero attached hydrogens (tertiary/aromatic N) is 3. The third-order valence-electron chi connectivity index (χ3n) is 4.32. The van der Waals surface area contributed by atoms with Gasteiger partial charge >= 0.3 is 0 Å². The van der Waals surface area contributed by atoms with Crippen molar-refractivity contribution in [1.29, 1.82) is 0 Å². The van der Waals surface area contributed by atoms with Crippen LogP contribution in [0.2, 0.25) is 0 Å². The molecule has 0 unspecified atom stereocenters. The van der Waals surface area contributed by atoms with Crippen LogP contribution >= 0.6 is 11.8 Å². The SMILES string of the molecule is O=C1Cc2cc(C(=O)CSc3nnc(CN4CCCC4=O)o3)ccc2N1. The molecule has 0 bridgehead atoms. The molecule has 26 heavy (non-hydrogen) atoms. The van der Waals surface area contributed by atoms with E-state index in [1.54, 1.807) is 23.1 Å². The number of hydrogen-bond donors (Lipinski definition) is 1. The quantitative estimate of drug-likeness (QED) is 0.607. The van der Waals surface area contributed by atoms with Gasteiger partial charge in [-0.1, -0.05) is 11.8 Å². The molecule has 8 nitrogen and oxygen atoms in total. The average molecular weight is 372 g/mol. The maximum Gasteiger partial charge on any atom is 0.277 e. The molecule has 0 saturated carbocycles. The molecule has 1 saturated heterocycles. The molecule has 1 fully saturated rings. The minimum absolute atomic E-state index is 0.0613. The van der Waals surface area contributed by atoms with E-state index in [1.807, 2.05) is 0 Å². The third-order valence-corrected chi connectivity index (χ3v) is 5.14. The first kappa shape index (κ1) is 16.8. The molecule has 2 aliphatic heterocycles. The van der Waals surface area contributed by atoms with Crippen molar-refractivity contribution >= 4 is 35.0 Å². The molecule has 4 rings (SSSR count). The number of carbonyl (C=O) groups excluding carboxylic acids is 3. The van der Waals surface area contributed by atoms with Crippen LogP contribution in [0.5, 0.6) is 0 Å². The molecule has 3 heterocycles. The van der Waals surface area contributed by atoms with Crippen molar-refractivity contribution in [2.45, 2.75) is 31.0 Å². The number of hydrogen-bond acceptors (Lipinski definition) is 7. The van der Waals surface area contributed by atoms with Crippen molar-refractivity contribution in [1.82, 2.24) is 15.1 Å². The number of rotatable bonds is 6. The van der Waals surface area contributed by atoms with Gasteiger partial charge in [-0.15, -0.1) is 10.2 Å². The summed E-state index contributed by atoms with van der Waals surface area (Å²) in [5.41, 5.74) is 2.15. The van der Waals surface area contributed by atoms with E-state index < -0.39 is 0 Å². The van der Waals surface area contributed by atoms with Gasteiger partial charge in [-0.25, -0.2) is 0 Å². The number of likely N-dealkylation sites (tertiary alicyclic amines) is 1. The van der Waals surface area contributed by atoms with Crippen molar-refractivity contribution in [3.63, 3.8) is 0 Å². The molecule has 0 radical (unpaired) electrons. The lowest BCUT2D eigenvalue weighted by atomic mass is 10.1. The van der Waals surface area contributed by atoms with Crippen molar-refractivity contribution in [3.05, 3.63) is 35.2 Å². The monoisotopic (exact) mass is 372 g/mol. The Hall–Kier alpha value is -2.68. The van der Waals surface area contributed by atoms with Crippen LogP contribution in [0.3, 0.4) is 0 Å². The smallest absolute Gasteiger partial charge is 0.277 e. The zero-order valence-electron chi connectivity index (χ0n) is 13.9. The summed E-state index contributed by atoms with van der Waals surface area (Å²) >= 11 is 1.16. The molecule has 1 aromatic carbocycles. The Balaban J connectivity index is 1.34. The fourth-order valence-electron chi connectivity index (χ4n) is 3.01. The van der Waals surface area contributed by atoms with Crippen molar-refractivity contribution in [3.8, 4) is 0 Å². The van der Waals surface area contributed by atoms with E-state index >= 15 is 0 Å². The first-order valence-corrected chi connectivity index (χ1v) is 9.26. The molecule has 2 aromatic rings. The number of benzene rings is 1. The highest BCUT2D eigenvalue weighted by Gasteiger charge is 2.23. The maximum absolute atomic E-state index is 12.4. The standard InChI is InChI=1S/C17H16N4O4S/c22-13(10-3-4-12-11(6-10)7-14(23)18-12)9-26-17-20-19-15(25-17)8-21-5-1-2-16(21)24/h3-4,6H,1-2,5,7-9H2,(H,18,23). The highest BCUT2D eigenvalue weighted by atomic mass is 32.2. The lowest BCUT2D eigenvalue weighted by Gasteiger charge is -2.11.